The van der Waals surface area contributed by atoms with Crippen LogP contribution in [0.2, 0.25) is 0 Å². The van der Waals surface area contributed by atoms with E-state index in [4.69, 9.17) is 5.73 Å². The predicted molar refractivity (Wildman–Crippen MR) is 74.6 cm³/mol. The van der Waals surface area contributed by atoms with Crippen LogP contribution in [0, 0.1) is 5.82 Å². The Labute approximate surface area is 119 Å². The predicted octanol–water partition coefficient (Wildman–Crippen LogP) is 4.48. The Morgan fingerprint density at radius 3 is 2.65 bits per heavy atom. The lowest BCUT2D eigenvalue weighted by Gasteiger charge is -2.06. The number of hydrogen-bond donors (Lipinski definition) is 1. The summed E-state index contributed by atoms with van der Waals surface area (Å²) in [6.07, 6.45) is 1.71. The van der Waals surface area contributed by atoms with Crippen LogP contribution in [0.5, 0.6) is 0 Å². The second-order valence-electron chi connectivity index (χ2n) is 3.22. The van der Waals surface area contributed by atoms with Crippen molar-refractivity contribution < 1.29 is 4.39 Å². The van der Waals surface area contributed by atoms with Crippen LogP contribution in [0.3, 0.4) is 0 Å². The molecule has 0 aliphatic heterocycles. The number of anilines is 1. The van der Waals surface area contributed by atoms with Crippen LogP contribution in [-0.4, -0.2) is 4.98 Å². The highest BCUT2D eigenvalue weighted by Gasteiger charge is 2.08. The summed E-state index contributed by atoms with van der Waals surface area (Å²) in [7, 11) is 0. The third-order valence-corrected chi connectivity index (χ3v) is 4.07. The van der Waals surface area contributed by atoms with Crippen molar-refractivity contribution in [1.82, 2.24) is 4.98 Å². The molecule has 0 saturated heterocycles. The first-order valence-corrected chi connectivity index (χ1v) is 7.00. The lowest BCUT2D eigenvalue weighted by molar-refractivity contribution is 0.620. The minimum absolute atomic E-state index is 0.365. The summed E-state index contributed by atoms with van der Waals surface area (Å²) >= 11 is 7.84. The Kier molecular flexibility index (Phi) is 4.06. The van der Waals surface area contributed by atoms with Crippen molar-refractivity contribution in [3.63, 3.8) is 0 Å². The molecule has 0 aliphatic carbocycles. The number of nitrogen functional groups attached to an aromatic ring is 1. The SMILES string of the molecule is Nc1cc(F)c(Br)cc1Sc1ccc(Br)cn1. The van der Waals surface area contributed by atoms with Crippen LogP contribution in [0.4, 0.5) is 10.1 Å². The summed E-state index contributed by atoms with van der Waals surface area (Å²) in [6.45, 7) is 0. The normalized spacial score (nSPS) is 10.5. The Morgan fingerprint density at radius 1 is 1.24 bits per heavy atom. The van der Waals surface area contributed by atoms with Gasteiger partial charge in [-0.2, -0.15) is 0 Å². The van der Waals surface area contributed by atoms with E-state index in [0.717, 1.165) is 14.4 Å². The summed E-state index contributed by atoms with van der Waals surface area (Å²) in [5.41, 5.74) is 6.15. The number of aromatic nitrogens is 1. The Hall–Kier alpha value is -0.590. The second-order valence-corrected chi connectivity index (χ2v) is 6.05. The zero-order valence-corrected chi connectivity index (χ0v) is 12.4. The van der Waals surface area contributed by atoms with E-state index < -0.39 is 0 Å². The first-order chi connectivity index (χ1) is 8.06. The van der Waals surface area contributed by atoms with Gasteiger partial charge >= 0.3 is 0 Å². The molecule has 0 unspecified atom stereocenters. The van der Waals surface area contributed by atoms with Gasteiger partial charge in [-0.3, -0.25) is 0 Å². The molecule has 88 valence electrons. The molecular weight excluding hydrogens is 371 g/mol. The molecule has 17 heavy (non-hydrogen) atoms. The highest BCUT2D eigenvalue weighted by molar-refractivity contribution is 9.10. The van der Waals surface area contributed by atoms with Crippen LogP contribution in [0.15, 0.2) is 49.3 Å². The van der Waals surface area contributed by atoms with E-state index in [2.05, 4.69) is 36.8 Å². The van der Waals surface area contributed by atoms with E-state index in [1.54, 1.807) is 12.3 Å². The van der Waals surface area contributed by atoms with Crippen molar-refractivity contribution in [3.05, 3.63) is 45.2 Å². The van der Waals surface area contributed by atoms with E-state index in [9.17, 15) is 4.39 Å². The monoisotopic (exact) mass is 376 g/mol. The molecule has 0 atom stereocenters. The molecule has 6 heteroatoms. The van der Waals surface area contributed by atoms with Gasteiger partial charge in [-0.05, 0) is 56.1 Å². The maximum absolute atomic E-state index is 13.2. The maximum Gasteiger partial charge on any atom is 0.139 e. The van der Waals surface area contributed by atoms with E-state index >= 15 is 0 Å². The minimum atomic E-state index is -0.365. The Balaban J connectivity index is 2.30. The smallest absolute Gasteiger partial charge is 0.139 e. The largest absolute Gasteiger partial charge is 0.398 e. The molecule has 2 rings (SSSR count). The lowest BCUT2D eigenvalue weighted by atomic mass is 10.3. The zero-order valence-electron chi connectivity index (χ0n) is 8.45. The number of nitrogens with two attached hydrogens (primary N) is 1. The Bertz CT molecular complexity index is 546. The molecule has 2 aromatic rings. The molecule has 0 amide bonds. The molecule has 0 aliphatic rings. The zero-order chi connectivity index (χ0) is 12.4. The van der Waals surface area contributed by atoms with Crippen molar-refractivity contribution >= 4 is 49.3 Å². The van der Waals surface area contributed by atoms with Crippen LogP contribution in [0.1, 0.15) is 0 Å². The van der Waals surface area contributed by atoms with Crippen LogP contribution < -0.4 is 5.73 Å². The van der Waals surface area contributed by atoms with Gasteiger partial charge in [0.1, 0.15) is 10.8 Å². The molecule has 2 nitrogen and oxygen atoms in total. The third kappa shape index (κ3) is 3.20. The minimum Gasteiger partial charge on any atom is -0.398 e. The number of pyridine rings is 1. The topological polar surface area (TPSA) is 38.9 Å². The number of rotatable bonds is 2. The maximum atomic E-state index is 13.2. The molecule has 1 aromatic heterocycles. The second kappa shape index (κ2) is 5.37. The molecule has 0 bridgehead atoms. The van der Waals surface area contributed by atoms with Gasteiger partial charge in [0.25, 0.3) is 0 Å². The summed E-state index contributed by atoms with van der Waals surface area (Å²) in [5.74, 6) is -0.365. The average molecular weight is 378 g/mol. The van der Waals surface area contributed by atoms with Gasteiger partial charge in [-0.1, -0.05) is 11.8 Å². The fourth-order valence-corrected chi connectivity index (χ4v) is 2.72. The van der Waals surface area contributed by atoms with E-state index in [0.29, 0.717) is 10.2 Å². The van der Waals surface area contributed by atoms with E-state index in [1.165, 1.54) is 17.8 Å². The molecule has 1 aromatic carbocycles. The van der Waals surface area contributed by atoms with Crippen molar-refractivity contribution in [1.29, 1.82) is 0 Å². The average Bonchev–Trinajstić information content (AvgIpc) is 2.29. The number of benzene rings is 1. The lowest BCUT2D eigenvalue weighted by Crippen LogP contribution is -1.91. The highest BCUT2D eigenvalue weighted by Crippen LogP contribution is 2.34. The summed E-state index contributed by atoms with van der Waals surface area (Å²) in [6, 6.07) is 6.71. The van der Waals surface area contributed by atoms with Crippen molar-refractivity contribution in [2.24, 2.45) is 0 Å². The van der Waals surface area contributed by atoms with Gasteiger partial charge in [-0.25, -0.2) is 9.37 Å². The number of hydrogen-bond acceptors (Lipinski definition) is 3. The fraction of sp³-hybridized carbons (Fsp3) is 0. The quantitative estimate of drug-likeness (QED) is 0.784. The summed E-state index contributed by atoms with van der Waals surface area (Å²) in [4.78, 5) is 4.99. The highest BCUT2D eigenvalue weighted by atomic mass is 79.9. The first kappa shape index (κ1) is 12.9. The molecule has 2 N–H and O–H groups in total. The van der Waals surface area contributed by atoms with Crippen molar-refractivity contribution in [2.75, 3.05) is 5.73 Å². The third-order valence-electron chi connectivity index (χ3n) is 1.97. The van der Waals surface area contributed by atoms with Gasteiger partial charge in [0.05, 0.1) is 4.47 Å². The van der Waals surface area contributed by atoms with E-state index in [1.807, 2.05) is 12.1 Å². The van der Waals surface area contributed by atoms with Crippen molar-refractivity contribution in [3.8, 4) is 0 Å². The summed E-state index contributed by atoms with van der Waals surface area (Å²) < 4.78 is 14.5. The molecule has 0 saturated carbocycles. The molecular formula is C11H7Br2FN2S. The van der Waals surface area contributed by atoms with Gasteiger partial charge in [0, 0.05) is 21.3 Å². The van der Waals surface area contributed by atoms with Crippen LogP contribution in [-0.2, 0) is 0 Å². The van der Waals surface area contributed by atoms with Crippen LogP contribution in [0.25, 0.3) is 0 Å². The molecule has 0 spiro atoms. The Morgan fingerprint density at radius 2 is 2.00 bits per heavy atom. The first-order valence-electron chi connectivity index (χ1n) is 4.60. The molecule has 0 fully saturated rings. The van der Waals surface area contributed by atoms with Gasteiger partial charge in [0.2, 0.25) is 0 Å². The molecule has 1 heterocycles. The van der Waals surface area contributed by atoms with Crippen molar-refractivity contribution in [2.45, 2.75) is 9.92 Å². The number of nitrogens with zero attached hydrogens (tertiary/aromatic N) is 1. The summed E-state index contributed by atoms with van der Waals surface area (Å²) in [5, 5.41) is 0.804. The fourth-order valence-electron chi connectivity index (χ4n) is 1.17. The van der Waals surface area contributed by atoms with Gasteiger partial charge in [-0.15, -0.1) is 0 Å². The van der Waals surface area contributed by atoms with Gasteiger partial charge < -0.3 is 5.73 Å². The molecule has 0 radical (unpaired) electrons. The van der Waals surface area contributed by atoms with Crippen LogP contribution >= 0.6 is 43.6 Å². The van der Waals surface area contributed by atoms with E-state index in [-0.39, 0.29) is 5.82 Å². The number of halogens is 3. The standard InChI is InChI=1S/C11H7Br2FN2S/c12-6-1-2-11(16-5-6)17-10-3-7(13)8(14)4-9(10)15/h1-5H,15H2. The van der Waals surface area contributed by atoms with Gasteiger partial charge in [0.15, 0.2) is 0 Å².